The van der Waals surface area contributed by atoms with E-state index in [0.717, 1.165) is 22.6 Å². The largest absolute Gasteiger partial charge is 0.324 e. The Morgan fingerprint density at radius 3 is 2.77 bits per heavy atom. The Morgan fingerprint density at radius 1 is 1.35 bits per heavy atom. The Kier molecular flexibility index (Phi) is 5.45. The lowest BCUT2D eigenvalue weighted by molar-refractivity contribution is -0.120. The van der Waals surface area contributed by atoms with Crippen molar-refractivity contribution in [2.45, 2.75) is 37.8 Å². The second-order valence-electron chi connectivity index (χ2n) is 6.66. The third-order valence-corrected chi connectivity index (χ3v) is 7.86. The fraction of sp³-hybridized carbons (Fsp3) is 0.444. The summed E-state index contributed by atoms with van der Waals surface area (Å²) in [4.78, 5) is 17.2. The zero-order valence-electron chi connectivity index (χ0n) is 15.2. The van der Waals surface area contributed by atoms with E-state index in [2.05, 4.69) is 10.3 Å². The summed E-state index contributed by atoms with van der Waals surface area (Å²) in [6.07, 6.45) is 1.35. The van der Waals surface area contributed by atoms with Gasteiger partial charge in [-0.25, -0.2) is 8.42 Å². The second-order valence-corrected chi connectivity index (χ2v) is 9.78. The average Bonchev–Trinajstić information content (AvgIpc) is 3.13. The molecule has 1 aliphatic rings. The number of nitrogens with one attached hydrogen (secondary N) is 1. The van der Waals surface area contributed by atoms with Crippen molar-refractivity contribution in [1.29, 1.82) is 0 Å². The van der Waals surface area contributed by atoms with Crippen molar-refractivity contribution in [2.75, 3.05) is 18.4 Å². The number of hydrogen-bond donors (Lipinski definition) is 1. The number of thiophene rings is 1. The molecule has 1 fully saturated rings. The van der Waals surface area contributed by atoms with E-state index >= 15 is 0 Å². The molecular weight excluding hydrogens is 370 g/mol. The van der Waals surface area contributed by atoms with Gasteiger partial charge in [0.15, 0.2) is 0 Å². The van der Waals surface area contributed by atoms with Crippen molar-refractivity contribution in [1.82, 2.24) is 9.29 Å². The summed E-state index contributed by atoms with van der Waals surface area (Å²) in [6, 6.07) is 5.26. The molecule has 2 aromatic heterocycles. The molecule has 140 valence electrons. The smallest absolute Gasteiger partial charge is 0.252 e. The summed E-state index contributed by atoms with van der Waals surface area (Å²) < 4.78 is 27.2. The molecule has 0 aromatic carbocycles. The summed E-state index contributed by atoms with van der Waals surface area (Å²) in [5.41, 5.74) is 3.36. The van der Waals surface area contributed by atoms with Crippen LogP contribution in [0.5, 0.6) is 0 Å². The molecule has 1 N–H and O–H groups in total. The number of pyridine rings is 1. The maximum atomic E-state index is 12.8. The van der Waals surface area contributed by atoms with E-state index in [1.165, 1.54) is 15.6 Å². The lowest BCUT2D eigenvalue weighted by Gasteiger charge is -2.31. The molecule has 0 radical (unpaired) electrons. The van der Waals surface area contributed by atoms with Crippen molar-refractivity contribution in [3.63, 3.8) is 0 Å². The van der Waals surface area contributed by atoms with Crippen LogP contribution in [-0.2, 0) is 14.8 Å². The quantitative estimate of drug-likeness (QED) is 0.866. The van der Waals surface area contributed by atoms with Crippen LogP contribution in [0.1, 0.15) is 29.8 Å². The van der Waals surface area contributed by atoms with Gasteiger partial charge in [-0.1, -0.05) is 6.07 Å². The lowest BCUT2D eigenvalue weighted by Crippen LogP contribution is -2.43. The van der Waals surface area contributed by atoms with Crippen molar-refractivity contribution in [3.05, 3.63) is 40.5 Å². The van der Waals surface area contributed by atoms with Crippen LogP contribution in [0.4, 0.5) is 5.69 Å². The third-order valence-electron chi connectivity index (χ3n) is 4.62. The molecule has 2 aromatic rings. The van der Waals surface area contributed by atoms with Gasteiger partial charge in [-0.15, -0.1) is 11.3 Å². The molecule has 1 atom stereocenters. The summed E-state index contributed by atoms with van der Waals surface area (Å²) >= 11 is 1.20. The highest BCUT2D eigenvalue weighted by Gasteiger charge is 2.34. The summed E-state index contributed by atoms with van der Waals surface area (Å²) in [6.45, 7) is 6.38. The van der Waals surface area contributed by atoms with Gasteiger partial charge in [-0.2, -0.15) is 4.31 Å². The first-order chi connectivity index (χ1) is 12.3. The molecule has 1 aliphatic heterocycles. The first kappa shape index (κ1) is 19.0. The Morgan fingerprint density at radius 2 is 2.12 bits per heavy atom. The van der Waals surface area contributed by atoms with Crippen molar-refractivity contribution < 1.29 is 13.2 Å². The molecule has 1 amide bonds. The average molecular weight is 394 g/mol. The third kappa shape index (κ3) is 3.82. The standard InChI is InChI=1S/C18H23N3O3S2/c1-12-10-13(2)19-14(3)17(12)20-18(22)15-6-4-8-21(11-15)26(23,24)16-7-5-9-25-16/h5,7,9-10,15H,4,6,8,11H2,1-3H3,(H,20,22). The molecule has 0 saturated carbocycles. The van der Waals surface area contributed by atoms with Crippen LogP contribution >= 0.6 is 11.3 Å². The van der Waals surface area contributed by atoms with Crippen molar-refractivity contribution in [3.8, 4) is 0 Å². The van der Waals surface area contributed by atoms with E-state index in [0.29, 0.717) is 23.6 Å². The monoisotopic (exact) mass is 393 g/mol. The number of aromatic nitrogens is 1. The van der Waals surface area contributed by atoms with E-state index < -0.39 is 10.0 Å². The highest BCUT2D eigenvalue weighted by Crippen LogP contribution is 2.28. The molecule has 8 heteroatoms. The summed E-state index contributed by atoms with van der Waals surface area (Å²) in [5, 5.41) is 4.71. The minimum absolute atomic E-state index is 0.145. The zero-order valence-corrected chi connectivity index (χ0v) is 16.8. The Balaban J connectivity index is 1.75. The van der Waals surface area contributed by atoms with Crippen LogP contribution in [0.25, 0.3) is 0 Å². The molecule has 26 heavy (non-hydrogen) atoms. The number of sulfonamides is 1. The fourth-order valence-electron chi connectivity index (χ4n) is 3.35. The van der Waals surface area contributed by atoms with Gasteiger partial charge in [0.1, 0.15) is 4.21 Å². The van der Waals surface area contributed by atoms with Gasteiger partial charge in [0.2, 0.25) is 5.91 Å². The van der Waals surface area contributed by atoms with Crippen molar-refractivity contribution in [2.24, 2.45) is 5.92 Å². The van der Waals surface area contributed by atoms with Crippen LogP contribution in [-0.4, -0.2) is 36.7 Å². The predicted octanol–water partition coefficient (Wildman–Crippen LogP) is 3.11. The van der Waals surface area contributed by atoms with Gasteiger partial charge in [-0.3, -0.25) is 9.78 Å². The number of piperidine rings is 1. The van der Waals surface area contributed by atoms with Gasteiger partial charge in [-0.05, 0) is 56.7 Å². The number of hydrogen-bond acceptors (Lipinski definition) is 5. The highest BCUT2D eigenvalue weighted by molar-refractivity contribution is 7.91. The first-order valence-electron chi connectivity index (χ1n) is 8.58. The van der Waals surface area contributed by atoms with Crippen molar-refractivity contribution >= 4 is 33.0 Å². The second kappa shape index (κ2) is 7.46. The van der Waals surface area contributed by atoms with E-state index in [1.54, 1.807) is 17.5 Å². The predicted molar refractivity (Wildman–Crippen MR) is 103 cm³/mol. The van der Waals surface area contributed by atoms with Gasteiger partial charge >= 0.3 is 0 Å². The lowest BCUT2D eigenvalue weighted by atomic mass is 9.98. The van der Waals surface area contributed by atoms with E-state index in [4.69, 9.17) is 0 Å². The van der Waals surface area contributed by atoms with Crippen LogP contribution in [0.15, 0.2) is 27.8 Å². The van der Waals surface area contributed by atoms with E-state index in [9.17, 15) is 13.2 Å². The molecule has 1 saturated heterocycles. The van der Waals surface area contributed by atoms with Crippen LogP contribution < -0.4 is 5.32 Å². The number of anilines is 1. The SMILES string of the molecule is Cc1cc(C)c(NC(=O)C2CCCN(S(=O)(=O)c3cccs3)C2)c(C)n1. The Labute approximate surface area is 158 Å². The summed E-state index contributed by atoms with van der Waals surface area (Å²) in [5.74, 6) is -0.508. The molecule has 6 nitrogen and oxygen atoms in total. The topological polar surface area (TPSA) is 79.4 Å². The fourth-order valence-corrected chi connectivity index (χ4v) is 6.02. The van der Waals surface area contributed by atoms with Gasteiger partial charge in [0.05, 0.1) is 17.3 Å². The van der Waals surface area contributed by atoms with Gasteiger partial charge in [0.25, 0.3) is 10.0 Å². The normalized spacial score (nSPS) is 18.7. The zero-order chi connectivity index (χ0) is 18.9. The van der Waals surface area contributed by atoms with E-state index in [-0.39, 0.29) is 18.4 Å². The Hall–Kier alpha value is -1.77. The van der Waals surface area contributed by atoms with Crippen LogP contribution in [0.3, 0.4) is 0 Å². The molecule has 3 rings (SSSR count). The molecule has 0 aliphatic carbocycles. The number of aryl methyl sites for hydroxylation is 3. The molecule has 0 bridgehead atoms. The molecule has 3 heterocycles. The van der Waals surface area contributed by atoms with Gasteiger partial charge < -0.3 is 5.32 Å². The van der Waals surface area contributed by atoms with E-state index in [1.807, 2.05) is 26.8 Å². The number of amides is 1. The maximum Gasteiger partial charge on any atom is 0.252 e. The molecule has 0 spiro atoms. The van der Waals surface area contributed by atoms with Crippen LogP contribution in [0, 0.1) is 26.7 Å². The van der Waals surface area contributed by atoms with Crippen LogP contribution in [0.2, 0.25) is 0 Å². The summed E-state index contributed by atoms with van der Waals surface area (Å²) in [7, 11) is -3.52. The number of nitrogens with zero attached hydrogens (tertiary/aromatic N) is 2. The molecular formula is C18H23N3O3S2. The van der Waals surface area contributed by atoms with Gasteiger partial charge in [0, 0.05) is 18.8 Å². The molecule has 1 unspecified atom stereocenters. The highest BCUT2D eigenvalue weighted by atomic mass is 32.2. The number of carbonyl (C=O) groups is 1. The number of carbonyl (C=O) groups excluding carboxylic acids is 1. The minimum atomic E-state index is -3.52. The maximum absolute atomic E-state index is 12.8. The number of rotatable bonds is 4. The minimum Gasteiger partial charge on any atom is -0.324 e. The Bertz CT molecular complexity index is 885. The first-order valence-corrected chi connectivity index (χ1v) is 10.9.